The van der Waals surface area contributed by atoms with Gasteiger partial charge in [0.1, 0.15) is 0 Å². The Labute approximate surface area is 101 Å². The number of pyridine rings is 1. The molecule has 1 aliphatic rings. The Bertz CT molecular complexity index is 348. The minimum atomic E-state index is 0.225. The summed E-state index contributed by atoms with van der Waals surface area (Å²) < 4.78 is 5.65. The van der Waals surface area contributed by atoms with E-state index in [1.165, 1.54) is 0 Å². The first-order valence-corrected chi connectivity index (χ1v) is 5.77. The molecule has 0 saturated carbocycles. The van der Waals surface area contributed by atoms with Gasteiger partial charge in [-0.15, -0.1) is 0 Å². The molecule has 2 rings (SSSR count). The smallest absolute Gasteiger partial charge is 0.0874 e. The summed E-state index contributed by atoms with van der Waals surface area (Å²) in [5.74, 6) is 0. The number of hydrogen-bond acceptors (Lipinski definition) is 4. The molecule has 1 aromatic heterocycles. The van der Waals surface area contributed by atoms with E-state index in [4.69, 9.17) is 16.3 Å². The van der Waals surface area contributed by atoms with Crippen LogP contribution in [-0.4, -0.2) is 49.3 Å². The number of anilines is 1. The summed E-state index contributed by atoms with van der Waals surface area (Å²) in [5, 5.41) is 3.92. The summed E-state index contributed by atoms with van der Waals surface area (Å²) in [7, 11) is 2.11. The second-order valence-electron chi connectivity index (χ2n) is 3.99. The van der Waals surface area contributed by atoms with Crippen molar-refractivity contribution in [3.63, 3.8) is 0 Å². The lowest BCUT2D eigenvalue weighted by molar-refractivity contribution is -0.0117. The third-order valence-electron chi connectivity index (χ3n) is 2.63. The minimum absolute atomic E-state index is 0.225. The fraction of sp³-hybridized carbons (Fsp3) is 0.545. The van der Waals surface area contributed by atoms with E-state index in [0.29, 0.717) is 5.02 Å². The van der Waals surface area contributed by atoms with E-state index < -0.39 is 0 Å². The van der Waals surface area contributed by atoms with Crippen LogP contribution in [0.15, 0.2) is 18.5 Å². The predicted molar refractivity (Wildman–Crippen MR) is 65.0 cm³/mol. The summed E-state index contributed by atoms with van der Waals surface area (Å²) in [5.41, 5.74) is 0.911. The van der Waals surface area contributed by atoms with Gasteiger partial charge in [-0.2, -0.15) is 0 Å². The van der Waals surface area contributed by atoms with Gasteiger partial charge in [-0.1, -0.05) is 11.6 Å². The number of aromatic nitrogens is 1. The average Bonchev–Trinajstić information content (AvgIpc) is 2.28. The highest BCUT2D eigenvalue weighted by Gasteiger charge is 2.17. The molecular formula is C11H16ClN3O. The van der Waals surface area contributed by atoms with Crippen molar-refractivity contribution in [2.45, 2.75) is 6.10 Å². The zero-order chi connectivity index (χ0) is 11.4. The molecule has 0 aromatic carbocycles. The summed E-state index contributed by atoms with van der Waals surface area (Å²) in [6, 6.07) is 1.87. The van der Waals surface area contributed by atoms with Gasteiger partial charge >= 0.3 is 0 Å². The highest BCUT2D eigenvalue weighted by Crippen LogP contribution is 2.19. The molecule has 1 fully saturated rings. The molecule has 0 aliphatic carbocycles. The van der Waals surface area contributed by atoms with Crippen molar-refractivity contribution < 1.29 is 4.74 Å². The standard InChI is InChI=1S/C11H16ClN3O/c1-15-4-5-16-9(8-15)6-14-11-2-3-13-7-10(11)12/h2-3,7,9H,4-6,8H2,1H3,(H,13,14). The van der Waals surface area contributed by atoms with Crippen LogP contribution in [0, 0.1) is 0 Å². The maximum absolute atomic E-state index is 5.99. The van der Waals surface area contributed by atoms with Gasteiger partial charge in [-0.25, -0.2) is 0 Å². The maximum Gasteiger partial charge on any atom is 0.0874 e. The summed E-state index contributed by atoms with van der Waals surface area (Å²) >= 11 is 5.99. The van der Waals surface area contributed by atoms with Gasteiger partial charge in [0.2, 0.25) is 0 Å². The molecule has 1 atom stereocenters. The van der Waals surface area contributed by atoms with E-state index in [1.807, 2.05) is 6.07 Å². The molecule has 0 bridgehead atoms. The number of rotatable bonds is 3. The number of nitrogens with one attached hydrogen (secondary N) is 1. The summed E-state index contributed by atoms with van der Waals surface area (Å²) in [6.07, 6.45) is 3.59. The molecule has 1 unspecified atom stereocenters. The normalized spacial score (nSPS) is 22.0. The summed E-state index contributed by atoms with van der Waals surface area (Å²) in [4.78, 5) is 6.21. The average molecular weight is 242 g/mol. The second-order valence-corrected chi connectivity index (χ2v) is 4.40. The first-order chi connectivity index (χ1) is 7.75. The van der Waals surface area contributed by atoms with Gasteiger partial charge in [0, 0.05) is 32.0 Å². The van der Waals surface area contributed by atoms with Crippen molar-refractivity contribution in [2.75, 3.05) is 38.6 Å². The Morgan fingerprint density at radius 3 is 3.31 bits per heavy atom. The molecule has 1 aliphatic heterocycles. The van der Waals surface area contributed by atoms with Crippen LogP contribution >= 0.6 is 11.6 Å². The van der Waals surface area contributed by atoms with Gasteiger partial charge in [-0.05, 0) is 13.1 Å². The number of halogens is 1. The maximum atomic E-state index is 5.99. The summed E-state index contributed by atoms with van der Waals surface area (Å²) in [6.45, 7) is 3.53. The first kappa shape index (κ1) is 11.6. The number of ether oxygens (including phenoxy) is 1. The first-order valence-electron chi connectivity index (χ1n) is 5.39. The monoisotopic (exact) mass is 241 g/mol. The molecule has 2 heterocycles. The Morgan fingerprint density at radius 2 is 2.56 bits per heavy atom. The van der Waals surface area contributed by atoms with Crippen molar-refractivity contribution >= 4 is 17.3 Å². The number of nitrogens with zero attached hydrogens (tertiary/aromatic N) is 2. The number of likely N-dealkylation sites (N-methyl/N-ethyl adjacent to an activating group) is 1. The Balaban J connectivity index is 1.85. The van der Waals surface area contributed by atoms with Crippen LogP contribution in [0.1, 0.15) is 0 Å². The van der Waals surface area contributed by atoms with Gasteiger partial charge < -0.3 is 15.0 Å². The fourth-order valence-electron chi connectivity index (χ4n) is 1.73. The van der Waals surface area contributed by atoms with Crippen molar-refractivity contribution in [2.24, 2.45) is 0 Å². The molecule has 0 radical (unpaired) electrons. The van der Waals surface area contributed by atoms with Gasteiger partial charge in [0.05, 0.1) is 23.4 Å². The van der Waals surface area contributed by atoms with Crippen molar-refractivity contribution in [1.82, 2.24) is 9.88 Å². The van der Waals surface area contributed by atoms with Crippen LogP contribution in [0.5, 0.6) is 0 Å². The number of morpholine rings is 1. The molecule has 0 amide bonds. The molecule has 1 N–H and O–H groups in total. The van der Waals surface area contributed by atoms with Crippen LogP contribution in [0.25, 0.3) is 0 Å². The highest BCUT2D eigenvalue weighted by atomic mass is 35.5. The highest BCUT2D eigenvalue weighted by molar-refractivity contribution is 6.33. The van der Waals surface area contributed by atoms with Crippen LogP contribution in [0.2, 0.25) is 5.02 Å². The van der Waals surface area contributed by atoms with Crippen LogP contribution in [0.3, 0.4) is 0 Å². The Kier molecular flexibility index (Phi) is 3.98. The van der Waals surface area contributed by atoms with E-state index in [0.717, 1.165) is 31.9 Å². The van der Waals surface area contributed by atoms with E-state index in [9.17, 15) is 0 Å². The number of hydrogen-bond donors (Lipinski definition) is 1. The largest absolute Gasteiger partial charge is 0.381 e. The quantitative estimate of drug-likeness (QED) is 0.870. The zero-order valence-electron chi connectivity index (χ0n) is 9.32. The Morgan fingerprint density at radius 1 is 1.69 bits per heavy atom. The second kappa shape index (κ2) is 5.48. The minimum Gasteiger partial charge on any atom is -0.381 e. The van der Waals surface area contributed by atoms with E-state index in [2.05, 4.69) is 22.2 Å². The lowest BCUT2D eigenvalue weighted by atomic mass is 10.2. The zero-order valence-corrected chi connectivity index (χ0v) is 10.1. The molecule has 1 aromatic rings. The van der Waals surface area contributed by atoms with Crippen molar-refractivity contribution in [3.05, 3.63) is 23.5 Å². The predicted octanol–water partition coefficient (Wildman–Crippen LogP) is 1.48. The van der Waals surface area contributed by atoms with Gasteiger partial charge in [0.25, 0.3) is 0 Å². The Hall–Kier alpha value is -0.840. The van der Waals surface area contributed by atoms with Crippen molar-refractivity contribution in [3.8, 4) is 0 Å². The fourth-order valence-corrected chi connectivity index (χ4v) is 1.92. The molecule has 88 valence electrons. The topological polar surface area (TPSA) is 37.4 Å². The SMILES string of the molecule is CN1CCOC(CNc2ccncc2Cl)C1. The molecule has 4 nitrogen and oxygen atoms in total. The van der Waals surface area contributed by atoms with Crippen molar-refractivity contribution in [1.29, 1.82) is 0 Å². The van der Waals surface area contributed by atoms with Crippen LogP contribution < -0.4 is 5.32 Å². The van der Waals surface area contributed by atoms with E-state index in [-0.39, 0.29) is 6.10 Å². The lowest BCUT2D eigenvalue weighted by Gasteiger charge is -2.30. The molecule has 16 heavy (non-hydrogen) atoms. The van der Waals surface area contributed by atoms with E-state index >= 15 is 0 Å². The van der Waals surface area contributed by atoms with Gasteiger partial charge in [-0.3, -0.25) is 4.98 Å². The molecular weight excluding hydrogens is 226 g/mol. The third kappa shape index (κ3) is 3.07. The van der Waals surface area contributed by atoms with Gasteiger partial charge in [0.15, 0.2) is 0 Å². The molecule has 0 spiro atoms. The molecule has 1 saturated heterocycles. The van der Waals surface area contributed by atoms with Crippen LogP contribution in [-0.2, 0) is 4.74 Å². The molecule has 5 heteroatoms. The van der Waals surface area contributed by atoms with Crippen LogP contribution in [0.4, 0.5) is 5.69 Å². The third-order valence-corrected chi connectivity index (χ3v) is 2.94. The lowest BCUT2D eigenvalue weighted by Crippen LogP contribution is -2.43. The van der Waals surface area contributed by atoms with E-state index in [1.54, 1.807) is 12.4 Å².